The first kappa shape index (κ1) is 23.7. The lowest BCUT2D eigenvalue weighted by Crippen LogP contribution is -2.35. The van der Waals surface area contributed by atoms with Crippen molar-refractivity contribution in [1.82, 2.24) is 14.9 Å². The van der Waals surface area contributed by atoms with Crippen molar-refractivity contribution in [3.63, 3.8) is 0 Å². The summed E-state index contributed by atoms with van der Waals surface area (Å²) in [7, 11) is 0. The first-order valence-electron chi connectivity index (χ1n) is 12.1. The lowest BCUT2D eigenvalue weighted by molar-refractivity contribution is -0.157. The van der Waals surface area contributed by atoms with Crippen molar-refractivity contribution >= 4 is 22.8 Å². The van der Waals surface area contributed by atoms with Crippen molar-refractivity contribution in [2.45, 2.75) is 45.1 Å². The van der Waals surface area contributed by atoms with Gasteiger partial charge in [0.15, 0.2) is 6.10 Å². The van der Waals surface area contributed by atoms with Gasteiger partial charge in [0, 0.05) is 29.1 Å². The number of aromatic nitrogens is 2. The van der Waals surface area contributed by atoms with E-state index < -0.39 is 18.1 Å². The van der Waals surface area contributed by atoms with Gasteiger partial charge in [-0.15, -0.1) is 0 Å². The standard InChI is InChI=1S/C26H25FN4O6/c1-11-12-2-3-17(29-20(32)10-36-5-4-28)22-14-8-31-19(23(14)30-18(21(12)22)7-16(11)27)6-13-15(25(31)34)9-37-26(35)24(13)33/h6-7,17,24,33H,2-5,8-10,28H2,1H3,(H,29,32)/t17-,24-/m0/s1. The Labute approximate surface area is 210 Å². The maximum atomic E-state index is 14.9. The number of esters is 1. The van der Waals surface area contributed by atoms with E-state index in [9.17, 15) is 23.9 Å². The van der Waals surface area contributed by atoms with Crippen LogP contribution >= 0.6 is 0 Å². The first-order chi connectivity index (χ1) is 17.8. The summed E-state index contributed by atoms with van der Waals surface area (Å²) in [6.07, 6.45) is -0.485. The molecule has 0 unspecified atom stereocenters. The Hall–Kier alpha value is -3.67. The second-order valence-corrected chi connectivity index (χ2v) is 9.57. The summed E-state index contributed by atoms with van der Waals surface area (Å²) in [5, 5.41) is 14.2. The zero-order valence-electron chi connectivity index (χ0n) is 20.1. The van der Waals surface area contributed by atoms with Crippen molar-refractivity contribution in [2.75, 3.05) is 19.8 Å². The molecule has 0 saturated heterocycles. The number of pyridine rings is 2. The Morgan fingerprint density at radius 1 is 1.32 bits per heavy atom. The summed E-state index contributed by atoms with van der Waals surface area (Å²) < 4.78 is 26.7. The van der Waals surface area contributed by atoms with Gasteiger partial charge in [0.25, 0.3) is 5.56 Å². The topological polar surface area (TPSA) is 146 Å². The van der Waals surface area contributed by atoms with E-state index in [2.05, 4.69) is 5.32 Å². The van der Waals surface area contributed by atoms with Crippen LogP contribution < -0.4 is 16.6 Å². The Kier molecular flexibility index (Phi) is 5.59. The van der Waals surface area contributed by atoms with Gasteiger partial charge < -0.3 is 30.2 Å². The smallest absolute Gasteiger partial charge is 0.340 e. The fourth-order valence-corrected chi connectivity index (χ4v) is 5.73. The molecule has 4 N–H and O–H groups in total. The Balaban J connectivity index is 1.54. The van der Waals surface area contributed by atoms with E-state index in [1.165, 1.54) is 10.6 Å². The molecule has 0 spiro atoms. The third-order valence-corrected chi connectivity index (χ3v) is 7.48. The number of halogens is 1. The summed E-state index contributed by atoms with van der Waals surface area (Å²) in [6, 6.07) is 2.56. The lowest BCUT2D eigenvalue weighted by atomic mass is 9.81. The van der Waals surface area contributed by atoms with E-state index in [0.717, 1.165) is 22.1 Å². The summed E-state index contributed by atoms with van der Waals surface area (Å²) in [6.45, 7) is 2.11. The molecule has 3 aromatic rings. The Bertz CT molecular complexity index is 1570. The number of amides is 1. The summed E-state index contributed by atoms with van der Waals surface area (Å²) in [4.78, 5) is 42.8. The van der Waals surface area contributed by atoms with Crippen LogP contribution in [-0.2, 0) is 38.6 Å². The molecule has 11 heteroatoms. The highest BCUT2D eigenvalue weighted by Gasteiger charge is 2.37. The molecule has 1 aliphatic carbocycles. The van der Waals surface area contributed by atoms with Crippen LogP contribution in [0.4, 0.5) is 4.39 Å². The molecule has 3 aliphatic rings. The minimum atomic E-state index is -1.57. The highest BCUT2D eigenvalue weighted by Crippen LogP contribution is 2.45. The second kappa shape index (κ2) is 8.72. The normalized spacial score (nSPS) is 19.3. The van der Waals surface area contributed by atoms with Gasteiger partial charge in [-0.05, 0) is 42.5 Å². The van der Waals surface area contributed by atoms with Crippen LogP contribution in [0.25, 0.3) is 22.3 Å². The zero-order valence-corrected chi connectivity index (χ0v) is 20.1. The number of aryl methyl sites for hydroxylation is 1. The van der Waals surface area contributed by atoms with E-state index in [1.54, 1.807) is 13.0 Å². The molecular weight excluding hydrogens is 483 g/mol. The molecular formula is C26H25FN4O6. The van der Waals surface area contributed by atoms with Crippen LogP contribution in [0.15, 0.2) is 16.9 Å². The number of hydrogen-bond acceptors (Lipinski definition) is 8. The summed E-state index contributed by atoms with van der Waals surface area (Å²) in [5.74, 6) is -1.50. The van der Waals surface area contributed by atoms with Crippen LogP contribution in [0.2, 0.25) is 0 Å². The van der Waals surface area contributed by atoms with Gasteiger partial charge in [0.05, 0.1) is 41.7 Å². The highest BCUT2D eigenvalue weighted by molar-refractivity contribution is 5.93. The highest BCUT2D eigenvalue weighted by atomic mass is 19.1. The van der Waals surface area contributed by atoms with Gasteiger partial charge in [-0.1, -0.05) is 0 Å². The van der Waals surface area contributed by atoms with Crippen molar-refractivity contribution in [1.29, 1.82) is 0 Å². The van der Waals surface area contributed by atoms with Crippen LogP contribution in [0, 0.1) is 12.7 Å². The minimum absolute atomic E-state index is 0.141. The predicted octanol–water partition coefficient (Wildman–Crippen LogP) is 1.04. The number of nitrogens with zero attached hydrogens (tertiary/aromatic N) is 2. The monoisotopic (exact) mass is 508 g/mol. The first-order valence-corrected chi connectivity index (χ1v) is 12.1. The quantitative estimate of drug-likeness (QED) is 0.268. The fraction of sp³-hybridized carbons (Fsp3) is 0.385. The minimum Gasteiger partial charge on any atom is -0.458 e. The van der Waals surface area contributed by atoms with E-state index in [-0.39, 0.29) is 54.8 Å². The van der Waals surface area contributed by atoms with Crippen molar-refractivity contribution in [2.24, 2.45) is 5.73 Å². The predicted molar refractivity (Wildman–Crippen MR) is 129 cm³/mol. The number of aliphatic hydroxyl groups excluding tert-OH is 1. The fourth-order valence-electron chi connectivity index (χ4n) is 5.73. The number of nitrogens with one attached hydrogen (secondary N) is 1. The molecule has 1 amide bonds. The number of carbonyl (C=O) groups is 2. The summed E-state index contributed by atoms with van der Waals surface area (Å²) in [5.41, 5.74) is 9.68. The van der Waals surface area contributed by atoms with Gasteiger partial charge in [-0.3, -0.25) is 9.59 Å². The largest absolute Gasteiger partial charge is 0.458 e. The summed E-state index contributed by atoms with van der Waals surface area (Å²) >= 11 is 0. The number of aliphatic hydroxyl groups is 1. The van der Waals surface area contributed by atoms with Crippen LogP contribution in [0.5, 0.6) is 0 Å². The molecule has 0 saturated carbocycles. The van der Waals surface area contributed by atoms with Gasteiger partial charge >= 0.3 is 5.97 Å². The molecule has 192 valence electrons. The van der Waals surface area contributed by atoms with E-state index in [0.29, 0.717) is 41.9 Å². The van der Waals surface area contributed by atoms with E-state index in [4.69, 9.17) is 20.2 Å². The Morgan fingerprint density at radius 3 is 2.92 bits per heavy atom. The molecule has 0 radical (unpaired) electrons. The molecule has 4 heterocycles. The average molecular weight is 509 g/mol. The van der Waals surface area contributed by atoms with E-state index >= 15 is 0 Å². The number of cyclic esters (lactones) is 1. The van der Waals surface area contributed by atoms with Crippen LogP contribution in [0.1, 0.15) is 51.9 Å². The van der Waals surface area contributed by atoms with Crippen molar-refractivity contribution in [3.8, 4) is 11.4 Å². The number of ether oxygens (including phenoxy) is 2. The van der Waals surface area contributed by atoms with Gasteiger partial charge in [-0.25, -0.2) is 14.2 Å². The molecule has 0 bridgehead atoms. The number of carbonyl (C=O) groups excluding carboxylic acids is 2. The van der Waals surface area contributed by atoms with E-state index in [1.807, 2.05) is 0 Å². The SMILES string of the molecule is Cc1c(F)cc2nc3c(c4c2c1CC[C@@H]4NC(=O)COCCN)Cn1c-3cc2c(c1=O)COC(=O)[C@H]2O. The van der Waals surface area contributed by atoms with Gasteiger partial charge in [-0.2, -0.15) is 0 Å². The molecule has 2 aromatic heterocycles. The molecule has 0 fully saturated rings. The second-order valence-electron chi connectivity index (χ2n) is 9.57. The zero-order chi connectivity index (χ0) is 26.0. The number of rotatable bonds is 5. The van der Waals surface area contributed by atoms with Gasteiger partial charge in [0.1, 0.15) is 19.0 Å². The average Bonchev–Trinajstić information content (AvgIpc) is 3.24. The number of benzene rings is 1. The van der Waals surface area contributed by atoms with Crippen molar-refractivity contribution in [3.05, 3.63) is 61.7 Å². The molecule has 1 aromatic carbocycles. The molecule has 37 heavy (non-hydrogen) atoms. The van der Waals surface area contributed by atoms with Crippen LogP contribution in [-0.4, -0.2) is 46.3 Å². The van der Waals surface area contributed by atoms with Crippen molar-refractivity contribution < 1.29 is 28.6 Å². The Morgan fingerprint density at radius 2 is 2.14 bits per heavy atom. The number of fused-ring (bicyclic) bond motifs is 5. The lowest BCUT2D eigenvalue weighted by Gasteiger charge is -2.29. The van der Waals surface area contributed by atoms with Gasteiger partial charge in [0.2, 0.25) is 5.91 Å². The van der Waals surface area contributed by atoms with Crippen LogP contribution in [0.3, 0.4) is 0 Å². The molecule has 2 atom stereocenters. The third kappa shape index (κ3) is 3.57. The maximum absolute atomic E-state index is 14.9. The number of nitrogens with two attached hydrogens (primary N) is 1. The molecule has 6 rings (SSSR count). The third-order valence-electron chi connectivity index (χ3n) is 7.48. The maximum Gasteiger partial charge on any atom is 0.340 e. The molecule has 10 nitrogen and oxygen atoms in total. The molecule has 2 aliphatic heterocycles. The number of hydrogen-bond donors (Lipinski definition) is 3.